The standard InChI is InChI=1S/C11H11F3N2O4/c1-6(17)16-8-3-7(10(18)19-2)4-15-9(8)20-5-11(12,13)14/h3-4H,5H2,1-2H3,(H,16,17). The second kappa shape index (κ2) is 6.22. The third kappa shape index (κ3) is 4.75. The zero-order valence-corrected chi connectivity index (χ0v) is 10.6. The van der Waals surface area contributed by atoms with Gasteiger partial charge in [0.2, 0.25) is 11.8 Å². The van der Waals surface area contributed by atoms with Crippen molar-refractivity contribution in [3.05, 3.63) is 17.8 Å². The summed E-state index contributed by atoms with van der Waals surface area (Å²) in [6.45, 7) is -0.414. The molecule has 20 heavy (non-hydrogen) atoms. The SMILES string of the molecule is COC(=O)c1cnc(OCC(F)(F)F)c(NC(C)=O)c1. The minimum atomic E-state index is -4.55. The first-order chi connectivity index (χ1) is 9.23. The number of nitrogens with zero attached hydrogens (tertiary/aromatic N) is 1. The summed E-state index contributed by atoms with van der Waals surface area (Å²) >= 11 is 0. The van der Waals surface area contributed by atoms with Crippen LogP contribution in [0.5, 0.6) is 5.88 Å². The van der Waals surface area contributed by atoms with E-state index in [-0.39, 0.29) is 11.3 Å². The Morgan fingerprint density at radius 3 is 2.55 bits per heavy atom. The van der Waals surface area contributed by atoms with Gasteiger partial charge < -0.3 is 14.8 Å². The number of halogens is 3. The number of anilines is 1. The highest BCUT2D eigenvalue weighted by molar-refractivity contribution is 5.94. The first kappa shape index (κ1) is 15.7. The maximum Gasteiger partial charge on any atom is 0.422 e. The van der Waals surface area contributed by atoms with Gasteiger partial charge in [-0.3, -0.25) is 4.79 Å². The molecule has 0 bridgehead atoms. The molecule has 0 aliphatic rings. The second-order valence-corrected chi connectivity index (χ2v) is 3.65. The van der Waals surface area contributed by atoms with Crippen molar-refractivity contribution in [1.29, 1.82) is 0 Å². The van der Waals surface area contributed by atoms with Gasteiger partial charge in [0.15, 0.2) is 6.61 Å². The maximum absolute atomic E-state index is 12.1. The Bertz CT molecular complexity index is 517. The van der Waals surface area contributed by atoms with E-state index in [9.17, 15) is 22.8 Å². The van der Waals surface area contributed by atoms with Gasteiger partial charge >= 0.3 is 12.1 Å². The van der Waals surface area contributed by atoms with Gasteiger partial charge in [-0.15, -0.1) is 0 Å². The maximum atomic E-state index is 12.1. The molecule has 0 radical (unpaired) electrons. The Morgan fingerprint density at radius 1 is 1.40 bits per heavy atom. The van der Waals surface area contributed by atoms with E-state index in [2.05, 4.69) is 19.8 Å². The van der Waals surface area contributed by atoms with Gasteiger partial charge in [0.1, 0.15) is 5.69 Å². The monoisotopic (exact) mass is 292 g/mol. The van der Waals surface area contributed by atoms with Crippen LogP contribution in [0.4, 0.5) is 18.9 Å². The van der Waals surface area contributed by atoms with Crippen LogP contribution in [0.3, 0.4) is 0 Å². The van der Waals surface area contributed by atoms with Crippen molar-refractivity contribution in [3.8, 4) is 5.88 Å². The van der Waals surface area contributed by atoms with Crippen molar-refractivity contribution >= 4 is 17.6 Å². The molecular formula is C11H11F3N2O4. The van der Waals surface area contributed by atoms with E-state index < -0.39 is 30.5 Å². The molecule has 0 aliphatic heterocycles. The predicted octanol–water partition coefficient (Wildman–Crippen LogP) is 1.77. The number of aromatic nitrogens is 1. The number of ether oxygens (including phenoxy) is 2. The van der Waals surface area contributed by atoms with Gasteiger partial charge in [0.25, 0.3) is 0 Å². The minimum Gasteiger partial charge on any atom is -0.467 e. The van der Waals surface area contributed by atoms with Gasteiger partial charge in [-0.25, -0.2) is 9.78 Å². The molecular weight excluding hydrogens is 281 g/mol. The molecule has 1 N–H and O–H groups in total. The van der Waals surface area contributed by atoms with Gasteiger partial charge in [-0.05, 0) is 6.07 Å². The smallest absolute Gasteiger partial charge is 0.422 e. The van der Waals surface area contributed by atoms with Crippen molar-refractivity contribution in [2.45, 2.75) is 13.1 Å². The molecule has 9 heteroatoms. The van der Waals surface area contributed by atoms with Crippen LogP contribution in [0.15, 0.2) is 12.3 Å². The molecule has 110 valence electrons. The fourth-order valence-corrected chi connectivity index (χ4v) is 1.23. The summed E-state index contributed by atoms with van der Waals surface area (Å²) in [5.74, 6) is -1.73. The Hall–Kier alpha value is -2.32. The number of carbonyl (C=O) groups excluding carboxylic acids is 2. The molecule has 0 fully saturated rings. The molecule has 6 nitrogen and oxygen atoms in total. The highest BCUT2D eigenvalue weighted by Gasteiger charge is 2.29. The summed E-state index contributed by atoms with van der Waals surface area (Å²) in [5, 5.41) is 2.23. The van der Waals surface area contributed by atoms with Crippen LogP contribution in [-0.2, 0) is 9.53 Å². The number of rotatable bonds is 4. The van der Waals surface area contributed by atoms with Gasteiger partial charge in [-0.2, -0.15) is 13.2 Å². The quantitative estimate of drug-likeness (QED) is 0.856. The fourth-order valence-electron chi connectivity index (χ4n) is 1.23. The molecule has 1 rings (SSSR count). The largest absolute Gasteiger partial charge is 0.467 e. The molecule has 1 aromatic rings. The lowest BCUT2D eigenvalue weighted by Gasteiger charge is -2.13. The summed E-state index contributed by atoms with van der Waals surface area (Å²) in [7, 11) is 1.13. The third-order valence-corrected chi connectivity index (χ3v) is 1.96. The van der Waals surface area contributed by atoms with Crippen molar-refractivity contribution < 1.29 is 32.2 Å². The number of amides is 1. The highest BCUT2D eigenvalue weighted by Crippen LogP contribution is 2.25. The molecule has 1 aromatic heterocycles. The van der Waals surface area contributed by atoms with E-state index >= 15 is 0 Å². The van der Waals surface area contributed by atoms with Crippen LogP contribution in [-0.4, -0.2) is 36.8 Å². The van der Waals surface area contributed by atoms with Crippen LogP contribution in [0.25, 0.3) is 0 Å². The van der Waals surface area contributed by atoms with E-state index in [1.54, 1.807) is 0 Å². The van der Waals surface area contributed by atoms with E-state index in [0.717, 1.165) is 26.3 Å². The molecule has 0 spiro atoms. The number of hydrogen-bond acceptors (Lipinski definition) is 5. The summed E-state index contributed by atoms with van der Waals surface area (Å²) in [5.41, 5.74) is -0.180. The molecule has 0 unspecified atom stereocenters. The number of alkyl halides is 3. The number of hydrogen-bond donors (Lipinski definition) is 1. The van der Waals surface area contributed by atoms with Crippen LogP contribution in [0.1, 0.15) is 17.3 Å². The summed E-state index contributed by atoms with van der Waals surface area (Å²) in [4.78, 5) is 25.8. The number of methoxy groups -OCH3 is 1. The van der Waals surface area contributed by atoms with Crippen molar-refractivity contribution in [1.82, 2.24) is 4.98 Å². The second-order valence-electron chi connectivity index (χ2n) is 3.65. The normalized spacial score (nSPS) is 10.8. The Labute approximate surface area is 111 Å². The zero-order chi connectivity index (χ0) is 15.3. The first-order valence-electron chi connectivity index (χ1n) is 5.28. The summed E-state index contributed by atoms with van der Waals surface area (Å²) in [6.07, 6.45) is -3.56. The average Bonchev–Trinajstić information content (AvgIpc) is 2.34. The lowest BCUT2D eigenvalue weighted by molar-refractivity contribution is -0.153. The van der Waals surface area contributed by atoms with Gasteiger partial charge in [-0.1, -0.05) is 0 Å². The van der Waals surface area contributed by atoms with Crippen LogP contribution in [0, 0.1) is 0 Å². The number of pyridine rings is 1. The number of esters is 1. The Balaban J connectivity index is 3.03. The van der Waals surface area contributed by atoms with Crippen LogP contribution >= 0.6 is 0 Å². The van der Waals surface area contributed by atoms with Crippen molar-refractivity contribution in [2.75, 3.05) is 19.0 Å². The lowest BCUT2D eigenvalue weighted by Crippen LogP contribution is -2.21. The molecule has 1 amide bonds. The summed E-state index contributed by atoms with van der Waals surface area (Å²) < 4.78 is 45.2. The fraction of sp³-hybridized carbons (Fsp3) is 0.364. The van der Waals surface area contributed by atoms with E-state index in [1.165, 1.54) is 0 Å². The lowest BCUT2D eigenvalue weighted by atomic mass is 10.2. The first-order valence-corrected chi connectivity index (χ1v) is 5.28. The van der Waals surface area contributed by atoms with Gasteiger partial charge in [0.05, 0.1) is 12.7 Å². The molecule has 0 aliphatic carbocycles. The molecule has 0 aromatic carbocycles. The third-order valence-electron chi connectivity index (χ3n) is 1.96. The van der Waals surface area contributed by atoms with E-state index in [4.69, 9.17) is 0 Å². The van der Waals surface area contributed by atoms with Gasteiger partial charge in [0, 0.05) is 13.1 Å². The molecule has 0 saturated carbocycles. The topological polar surface area (TPSA) is 77.5 Å². The average molecular weight is 292 g/mol. The highest BCUT2D eigenvalue weighted by atomic mass is 19.4. The van der Waals surface area contributed by atoms with Crippen LogP contribution in [0.2, 0.25) is 0 Å². The van der Waals surface area contributed by atoms with Crippen LogP contribution < -0.4 is 10.1 Å². The zero-order valence-electron chi connectivity index (χ0n) is 10.6. The van der Waals surface area contributed by atoms with E-state index in [0.29, 0.717) is 0 Å². The minimum absolute atomic E-state index is 0.0318. The Kier molecular flexibility index (Phi) is 4.89. The predicted molar refractivity (Wildman–Crippen MR) is 61.4 cm³/mol. The Morgan fingerprint density at radius 2 is 2.05 bits per heavy atom. The number of nitrogens with one attached hydrogen (secondary N) is 1. The van der Waals surface area contributed by atoms with Crippen molar-refractivity contribution in [2.24, 2.45) is 0 Å². The number of carbonyl (C=O) groups is 2. The summed E-state index contributed by atoms with van der Waals surface area (Å²) in [6, 6.07) is 1.12. The molecule has 0 saturated heterocycles. The molecule has 1 heterocycles. The van der Waals surface area contributed by atoms with E-state index in [1.807, 2.05) is 0 Å². The van der Waals surface area contributed by atoms with Crippen molar-refractivity contribution in [3.63, 3.8) is 0 Å². The molecule has 0 atom stereocenters.